The van der Waals surface area contributed by atoms with Crippen molar-refractivity contribution in [3.63, 3.8) is 0 Å². The van der Waals surface area contributed by atoms with Crippen molar-refractivity contribution in [1.82, 2.24) is 30.0 Å². The third kappa shape index (κ3) is 6.98. The third-order valence-electron chi connectivity index (χ3n) is 8.97. The number of rotatable bonds is 12. The molecule has 3 aromatic heterocycles. The highest BCUT2D eigenvalue weighted by Crippen LogP contribution is 2.31. The Kier molecular flexibility index (Phi) is 9.50. The molecule has 2 aliphatic heterocycles. The van der Waals surface area contributed by atoms with Gasteiger partial charge in [0.1, 0.15) is 12.3 Å². The maximum Gasteiger partial charge on any atom is 0.284 e. The van der Waals surface area contributed by atoms with Crippen LogP contribution in [0.3, 0.4) is 0 Å². The zero-order chi connectivity index (χ0) is 37.2. The van der Waals surface area contributed by atoms with Crippen LogP contribution in [-0.2, 0) is 16.0 Å². The molecule has 1 unspecified atom stereocenters. The highest BCUT2D eigenvalue weighted by molar-refractivity contribution is 6.24. The lowest BCUT2D eigenvalue weighted by atomic mass is 9.97. The van der Waals surface area contributed by atoms with Crippen molar-refractivity contribution in [3.05, 3.63) is 113 Å². The van der Waals surface area contributed by atoms with Gasteiger partial charge < -0.3 is 9.73 Å². The van der Waals surface area contributed by atoms with Crippen LogP contribution in [0.2, 0.25) is 0 Å². The molecule has 1 saturated heterocycles. The number of amides is 5. The Hall–Kier alpha value is -6.71. The normalized spacial score (nSPS) is 15.5. The zero-order valence-electron chi connectivity index (χ0n) is 27.8. The van der Waals surface area contributed by atoms with Gasteiger partial charge in [-0.25, -0.2) is 18.4 Å². The number of hydrogen-bond acceptors (Lipinski definition) is 10. The van der Waals surface area contributed by atoms with Crippen LogP contribution in [0.25, 0.3) is 17.1 Å². The number of aryl methyl sites for hydroxylation is 1. The average Bonchev–Trinajstić information content (AvgIpc) is 3.88. The Bertz CT molecular complexity index is 2270. The number of fused-ring (bicyclic) bond motifs is 1. The molecule has 53 heavy (non-hydrogen) atoms. The summed E-state index contributed by atoms with van der Waals surface area (Å²) in [6, 6.07) is 13.3. The summed E-state index contributed by atoms with van der Waals surface area (Å²) >= 11 is 0. The van der Waals surface area contributed by atoms with E-state index in [2.05, 4.69) is 25.7 Å². The van der Waals surface area contributed by atoms with E-state index < -0.39 is 47.7 Å². The SMILES string of the molecule is O=C1CCC(N2C(=O)c3cccc(CCCCC(=O)c4ccc(-n5cc(NC(=O)c6coc(-c7ccncc7)n6)c(C(F)F)n5)cc4)c3C2=O)C(=O)N1. The highest BCUT2D eigenvalue weighted by atomic mass is 19.3. The molecule has 16 heteroatoms. The molecule has 1 atom stereocenters. The number of piperidine rings is 1. The van der Waals surface area contributed by atoms with Gasteiger partial charge in [-0.1, -0.05) is 12.1 Å². The number of anilines is 1. The first-order valence-corrected chi connectivity index (χ1v) is 16.6. The largest absolute Gasteiger partial charge is 0.444 e. The summed E-state index contributed by atoms with van der Waals surface area (Å²) in [6.45, 7) is 0. The Morgan fingerprint density at radius 1 is 0.981 bits per heavy atom. The Labute approximate surface area is 299 Å². The maximum atomic E-state index is 13.9. The lowest BCUT2D eigenvalue weighted by Crippen LogP contribution is -2.54. The first kappa shape index (κ1) is 34.7. The van der Waals surface area contributed by atoms with Gasteiger partial charge in [0.15, 0.2) is 17.2 Å². The van der Waals surface area contributed by atoms with Crippen molar-refractivity contribution in [2.75, 3.05) is 5.32 Å². The zero-order valence-corrected chi connectivity index (χ0v) is 27.8. The van der Waals surface area contributed by atoms with Gasteiger partial charge in [0.05, 0.1) is 28.7 Å². The van der Waals surface area contributed by atoms with Gasteiger partial charge in [-0.2, -0.15) is 5.10 Å². The number of carbonyl (C=O) groups excluding carboxylic acids is 6. The molecule has 0 aliphatic carbocycles. The fourth-order valence-corrected chi connectivity index (χ4v) is 6.31. The molecule has 5 heterocycles. The molecule has 0 spiro atoms. The monoisotopic (exact) mass is 721 g/mol. The van der Waals surface area contributed by atoms with Gasteiger partial charge in [-0.05, 0) is 73.7 Å². The van der Waals surface area contributed by atoms with E-state index in [0.717, 1.165) is 11.2 Å². The number of alkyl halides is 2. The van der Waals surface area contributed by atoms with Gasteiger partial charge in [-0.3, -0.25) is 44.0 Å². The number of benzene rings is 2. The number of nitrogens with one attached hydrogen (secondary N) is 2. The molecule has 0 bridgehead atoms. The van der Waals surface area contributed by atoms with E-state index in [-0.39, 0.29) is 53.4 Å². The van der Waals surface area contributed by atoms with Gasteiger partial charge >= 0.3 is 0 Å². The minimum atomic E-state index is -3.00. The van der Waals surface area contributed by atoms with Crippen molar-refractivity contribution >= 4 is 41.0 Å². The topological polar surface area (TPSA) is 186 Å². The van der Waals surface area contributed by atoms with Gasteiger partial charge in [0.2, 0.25) is 17.7 Å². The molecule has 2 aromatic carbocycles. The second-order valence-corrected chi connectivity index (χ2v) is 12.4. The number of aromatic nitrogens is 4. The van der Waals surface area contributed by atoms with Crippen LogP contribution in [0.4, 0.5) is 14.5 Å². The van der Waals surface area contributed by atoms with Crippen LogP contribution in [0.5, 0.6) is 0 Å². The summed E-state index contributed by atoms with van der Waals surface area (Å²) < 4.78 is 34.3. The van der Waals surface area contributed by atoms with Gasteiger partial charge in [-0.15, -0.1) is 0 Å². The molecular weight excluding hydrogens is 692 g/mol. The van der Waals surface area contributed by atoms with E-state index in [1.54, 1.807) is 48.5 Å². The molecule has 0 saturated carbocycles. The molecule has 2 N–H and O–H groups in total. The standard InChI is InChI=1S/C37H29F2N7O7/c38-32(39)31-25(41-33(49)26-19-53-35(42-26)22-14-16-40-17-15-22)18-45(44-31)23-10-8-20(9-11-23)28(47)7-2-1-4-21-5-3-6-24-30(21)37(52)46(36(24)51)27-12-13-29(48)43-34(27)50/h3,5-6,8-11,14-19,27,32H,1-2,4,7,12-13H2,(H,41,49)(H,43,48,50). The number of Topliss-reactive ketones (excluding diaryl/α,β-unsaturated/α-hetero) is 1. The molecule has 7 rings (SSSR count). The molecule has 2 aliphatic rings. The van der Waals surface area contributed by atoms with E-state index in [4.69, 9.17) is 4.42 Å². The highest BCUT2D eigenvalue weighted by Gasteiger charge is 2.45. The summed E-state index contributed by atoms with van der Waals surface area (Å²) in [5.74, 6) is -3.07. The molecule has 5 aromatic rings. The Balaban J connectivity index is 0.955. The van der Waals surface area contributed by atoms with Crippen LogP contribution in [0.15, 0.2) is 83.9 Å². The number of pyridine rings is 1. The van der Waals surface area contributed by atoms with Crippen LogP contribution < -0.4 is 10.6 Å². The van der Waals surface area contributed by atoms with Gasteiger partial charge in [0, 0.05) is 36.4 Å². The summed E-state index contributed by atoms with van der Waals surface area (Å²) in [5, 5.41) is 8.55. The number of nitrogens with zero attached hydrogens (tertiary/aromatic N) is 5. The smallest absolute Gasteiger partial charge is 0.284 e. The Morgan fingerprint density at radius 2 is 1.75 bits per heavy atom. The molecule has 0 radical (unpaired) electrons. The summed E-state index contributed by atoms with van der Waals surface area (Å²) in [4.78, 5) is 85.2. The maximum absolute atomic E-state index is 13.9. The lowest BCUT2D eigenvalue weighted by molar-refractivity contribution is -0.136. The summed E-state index contributed by atoms with van der Waals surface area (Å²) in [6.07, 6.45) is 4.08. The average molecular weight is 722 g/mol. The summed E-state index contributed by atoms with van der Waals surface area (Å²) in [5.41, 5.74) is 1.39. The van der Waals surface area contributed by atoms with Crippen molar-refractivity contribution < 1.29 is 42.0 Å². The van der Waals surface area contributed by atoms with E-state index in [1.165, 1.54) is 29.3 Å². The van der Waals surface area contributed by atoms with Crippen molar-refractivity contribution in [1.29, 1.82) is 0 Å². The third-order valence-corrected chi connectivity index (χ3v) is 8.97. The minimum Gasteiger partial charge on any atom is -0.444 e. The van der Waals surface area contributed by atoms with Crippen LogP contribution in [0.1, 0.15) is 91.3 Å². The fraction of sp³-hybridized carbons (Fsp3) is 0.216. The predicted octanol–water partition coefficient (Wildman–Crippen LogP) is 5.11. The minimum absolute atomic E-state index is 0.0257. The van der Waals surface area contributed by atoms with E-state index in [9.17, 15) is 37.5 Å². The summed E-state index contributed by atoms with van der Waals surface area (Å²) in [7, 11) is 0. The van der Waals surface area contributed by atoms with Crippen LogP contribution >= 0.6 is 0 Å². The number of oxazole rings is 1. The quantitative estimate of drug-likeness (QED) is 0.0996. The molecule has 1 fully saturated rings. The number of hydrogen-bond donors (Lipinski definition) is 2. The van der Waals surface area contributed by atoms with Gasteiger partial charge in [0.25, 0.3) is 24.1 Å². The van der Waals surface area contributed by atoms with Crippen LogP contribution in [-0.4, -0.2) is 66.0 Å². The lowest BCUT2D eigenvalue weighted by Gasteiger charge is -2.27. The molecule has 268 valence electrons. The van der Waals surface area contributed by atoms with Crippen molar-refractivity contribution in [2.24, 2.45) is 0 Å². The number of unbranched alkanes of at least 4 members (excludes halogenated alkanes) is 1. The van der Waals surface area contributed by atoms with E-state index in [0.29, 0.717) is 41.6 Å². The second kappa shape index (κ2) is 14.5. The molecule has 14 nitrogen and oxygen atoms in total. The van der Waals surface area contributed by atoms with Crippen molar-refractivity contribution in [3.8, 4) is 17.1 Å². The van der Waals surface area contributed by atoms with E-state index in [1.807, 2.05) is 0 Å². The first-order valence-electron chi connectivity index (χ1n) is 16.6. The van der Waals surface area contributed by atoms with Crippen LogP contribution in [0, 0.1) is 0 Å². The fourth-order valence-electron chi connectivity index (χ4n) is 6.31. The Morgan fingerprint density at radius 3 is 2.49 bits per heavy atom. The first-order chi connectivity index (χ1) is 25.6. The van der Waals surface area contributed by atoms with E-state index >= 15 is 0 Å². The number of halogens is 2. The van der Waals surface area contributed by atoms with Crippen molar-refractivity contribution in [2.45, 2.75) is 51.0 Å². The predicted molar refractivity (Wildman–Crippen MR) is 181 cm³/mol. The number of carbonyl (C=O) groups is 6. The number of ketones is 1. The molecule has 5 amide bonds. The number of imide groups is 2. The second-order valence-electron chi connectivity index (χ2n) is 12.4. The molecular formula is C37H29F2N7O7.